The van der Waals surface area contributed by atoms with Crippen molar-refractivity contribution in [2.24, 2.45) is 5.92 Å². The number of hydrogen-bond acceptors (Lipinski definition) is 3. The van der Waals surface area contributed by atoms with Crippen LogP contribution in [0.15, 0.2) is 24.3 Å². The van der Waals surface area contributed by atoms with E-state index in [4.69, 9.17) is 0 Å². The van der Waals surface area contributed by atoms with Gasteiger partial charge in [0.05, 0.1) is 12.6 Å². The van der Waals surface area contributed by atoms with Crippen LogP contribution in [0.4, 0.5) is 0 Å². The van der Waals surface area contributed by atoms with Gasteiger partial charge in [0.25, 0.3) is 0 Å². The summed E-state index contributed by atoms with van der Waals surface area (Å²) in [6.07, 6.45) is 4.13. The average molecular weight is 331 g/mol. The van der Waals surface area contributed by atoms with Crippen LogP contribution in [0.25, 0.3) is 0 Å². The molecular formula is C19H29N3O2. The van der Waals surface area contributed by atoms with E-state index in [1.807, 2.05) is 14.1 Å². The van der Waals surface area contributed by atoms with E-state index >= 15 is 0 Å². The topological polar surface area (TPSA) is 61.4 Å². The highest BCUT2D eigenvalue weighted by atomic mass is 16.2. The molecule has 1 aliphatic rings. The number of aryl methyl sites for hydroxylation is 1. The first-order valence-electron chi connectivity index (χ1n) is 8.74. The number of carbonyl (C=O) groups excluding carboxylic acids is 2. The second-order valence-electron chi connectivity index (χ2n) is 6.89. The van der Waals surface area contributed by atoms with Gasteiger partial charge < -0.3 is 15.5 Å². The Bertz CT molecular complexity index is 548. The molecule has 1 unspecified atom stereocenters. The van der Waals surface area contributed by atoms with Crippen LogP contribution in [0.2, 0.25) is 0 Å². The molecule has 24 heavy (non-hydrogen) atoms. The standard InChI is InChI=1S/C19H29N3O2/c1-14-8-10-15(11-9-14)17(22(2)3)12-20-18(23)13-21-19(24)16-6-4-5-7-16/h8-11,16-17H,4-7,12-13H2,1-3H3,(H,20,23)(H,21,24). The van der Waals surface area contributed by atoms with Crippen molar-refractivity contribution in [3.05, 3.63) is 35.4 Å². The number of hydrogen-bond donors (Lipinski definition) is 2. The Kier molecular flexibility index (Phi) is 6.79. The van der Waals surface area contributed by atoms with E-state index < -0.39 is 0 Å². The number of rotatable bonds is 7. The zero-order valence-electron chi connectivity index (χ0n) is 15.0. The summed E-state index contributed by atoms with van der Waals surface area (Å²) < 4.78 is 0. The fourth-order valence-corrected chi connectivity index (χ4v) is 3.16. The summed E-state index contributed by atoms with van der Waals surface area (Å²) in [4.78, 5) is 26.1. The van der Waals surface area contributed by atoms with Crippen molar-refractivity contribution in [3.63, 3.8) is 0 Å². The Morgan fingerprint density at radius 3 is 2.33 bits per heavy atom. The number of amides is 2. The maximum atomic E-state index is 12.0. The number of nitrogens with zero attached hydrogens (tertiary/aromatic N) is 1. The zero-order chi connectivity index (χ0) is 17.5. The summed E-state index contributed by atoms with van der Waals surface area (Å²) in [5.74, 6) is -0.0227. The fourth-order valence-electron chi connectivity index (χ4n) is 3.16. The summed E-state index contributed by atoms with van der Waals surface area (Å²) in [6.45, 7) is 2.64. The third-order valence-electron chi connectivity index (χ3n) is 4.73. The van der Waals surface area contributed by atoms with E-state index in [1.165, 1.54) is 11.1 Å². The summed E-state index contributed by atoms with van der Waals surface area (Å²) in [6, 6.07) is 8.45. The Morgan fingerprint density at radius 2 is 1.75 bits per heavy atom. The molecule has 0 spiro atoms. The lowest BCUT2D eigenvalue weighted by Crippen LogP contribution is -2.41. The third kappa shape index (κ3) is 5.34. The van der Waals surface area contributed by atoms with Gasteiger partial charge in [-0.25, -0.2) is 0 Å². The molecule has 132 valence electrons. The normalized spacial score (nSPS) is 16.2. The first-order valence-corrected chi connectivity index (χ1v) is 8.74. The Balaban J connectivity index is 1.79. The molecule has 2 N–H and O–H groups in total. The van der Waals surface area contributed by atoms with Gasteiger partial charge in [0.2, 0.25) is 11.8 Å². The molecule has 1 atom stereocenters. The van der Waals surface area contributed by atoms with Crippen LogP contribution in [0.5, 0.6) is 0 Å². The summed E-state index contributed by atoms with van der Waals surface area (Å²) in [7, 11) is 4.00. The summed E-state index contributed by atoms with van der Waals surface area (Å²) in [5, 5.41) is 5.69. The van der Waals surface area contributed by atoms with Crippen LogP contribution < -0.4 is 10.6 Å². The van der Waals surface area contributed by atoms with Crippen LogP contribution in [0.3, 0.4) is 0 Å². The van der Waals surface area contributed by atoms with Crippen molar-refractivity contribution in [2.45, 2.75) is 38.6 Å². The molecule has 0 saturated heterocycles. The predicted molar refractivity (Wildman–Crippen MR) is 95.6 cm³/mol. The van der Waals surface area contributed by atoms with E-state index in [2.05, 4.69) is 46.7 Å². The molecule has 5 heteroatoms. The van der Waals surface area contributed by atoms with Gasteiger partial charge in [-0.3, -0.25) is 9.59 Å². The van der Waals surface area contributed by atoms with Gasteiger partial charge in [-0.2, -0.15) is 0 Å². The van der Waals surface area contributed by atoms with Crippen LogP contribution in [0, 0.1) is 12.8 Å². The van der Waals surface area contributed by atoms with Crippen molar-refractivity contribution >= 4 is 11.8 Å². The van der Waals surface area contributed by atoms with E-state index in [9.17, 15) is 9.59 Å². The lowest BCUT2D eigenvalue weighted by Gasteiger charge is -2.25. The SMILES string of the molecule is Cc1ccc(C(CNC(=O)CNC(=O)C2CCCC2)N(C)C)cc1. The van der Waals surface area contributed by atoms with E-state index in [1.54, 1.807) is 0 Å². The highest BCUT2D eigenvalue weighted by Gasteiger charge is 2.23. The molecule has 0 heterocycles. The first kappa shape index (κ1) is 18.5. The molecule has 2 rings (SSSR count). The van der Waals surface area contributed by atoms with Gasteiger partial charge in [0, 0.05) is 12.5 Å². The zero-order valence-corrected chi connectivity index (χ0v) is 15.0. The molecule has 1 fully saturated rings. The highest BCUT2D eigenvalue weighted by Crippen LogP contribution is 2.24. The number of carbonyl (C=O) groups is 2. The van der Waals surface area contributed by atoms with Gasteiger partial charge in [-0.1, -0.05) is 42.7 Å². The molecule has 1 saturated carbocycles. The Hall–Kier alpha value is -1.88. The lowest BCUT2D eigenvalue weighted by molar-refractivity contribution is -0.128. The average Bonchev–Trinajstić information content (AvgIpc) is 3.08. The predicted octanol–water partition coefficient (Wildman–Crippen LogP) is 2.02. The minimum atomic E-state index is -0.139. The molecule has 0 aromatic heterocycles. The van der Waals surface area contributed by atoms with Crippen LogP contribution >= 0.6 is 0 Å². The molecular weight excluding hydrogens is 302 g/mol. The second kappa shape index (κ2) is 8.83. The molecule has 1 aromatic carbocycles. The number of benzene rings is 1. The fraction of sp³-hybridized carbons (Fsp3) is 0.579. The van der Waals surface area contributed by atoms with E-state index in [-0.39, 0.29) is 30.3 Å². The minimum absolute atomic E-state index is 0.0188. The van der Waals surface area contributed by atoms with Crippen LogP contribution in [-0.4, -0.2) is 43.9 Å². The molecule has 1 aliphatic carbocycles. The monoisotopic (exact) mass is 331 g/mol. The van der Waals surface area contributed by atoms with Gasteiger partial charge in [0.1, 0.15) is 0 Å². The smallest absolute Gasteiger partial charge is 0.239 e. The number of nitrogens with one attached hydrogen (secondary N) is 2. The molecule has 0 radical (unpaired) electrons. The van der Waals surface area contributed by atoms with Crippen molar-refractivity contribution in [2.75, 3.05) is 27.2 Å². The third-order valence-corrected chi connectivity index (χ3v) is 4.73. The maximum absolute atomic E-state index is 12.0. The molecule has 0 bridgehead atoms. The highest BCUT2D eigenvalue weighted by molar-refractivity contribution is 5.85. The summed E-state index contributed by atoms with van der Waals surface area (Å²) >= 11 is 0. The Morgan fingerprint density at radius 1 is 1.12 bits per heavy atom. The molecule has 2 amide bonds. The largest absolute Gasteiger partial charge is 0.353 e. The maximum Gasteiger partial charge on any atom is 0.239 e. The first-order chi connectivity index (χ1) is 11.5. The van der Waals surface area contributed by atoms with Crippen LogP contribution in [-0.2, 0) is 9.59 Å². The van der Waals surface area contributed by atoms with Crippen molar-refractivity contribution in [1.29, 1.82) is 0 Å². The van der Waals surface area contributed by atoms with Gasteiger partial charge in [0.15, 0.2) is 0 Å². The molecule has 1 aromatic rings. The van der Waals surface area contributed by atoms with E-state index in [0.717, 1.165) is 25.7 Å². The van der Waals surface area contributed by atoms with E-state index in [0.29, 0.717) is 6.54 Å². The number of likely N-dealkylation sites (N-methyl/N-ethyl adjacent to an activating group) is 1. The van der Waals surface area contributed by atoms with Crippen LogP contribution in [0.1, 0.15) is 42.9 Å². The van der Waals surface area contributed by atoms with Crippen molar-refractivity contribution in [3.8, 4) is 0 Å². The molecule has 0 aliphatic heterocycles. The molecule has 5 nitrogen and oxygen atoms in total. The quantitative estimate of drug-likeness (QED) is 0.803. The minimum Gasteiger partial charge on any atom is -0.353 e. The van der Waals surface area contributed by atoms with Gasteiger partial charge >= 0.3 is 0 Å². The Labute approximate surface area is 144 Å². The van der Waals surface area contributed by atoms with Crippen molar-refractivity contribution < 1.29 is 9.59 Å². The lowest BCUT2D eigenvalue weighted by atomic mass is 10.0. The van der Waals surface area contributed by atoms with Gasteiger partial charge in [-0.15, -0.1) is 0 Å². The second-order valence-corrected chi connectivity index (χ2v) is 6.89. The van der Waals surface area contributed by atoms with Crippen molar-refractivity contribution in [1.82, 2.24) is 15.5 Å². The summed E-state index contributed by atoms with van der Waals surface area (Å²) in [5.41, 5.74) is 2.39. The van der Waals surface area contributed by atoms with Gasteiger partial charge in [-0.05, 0) is 39.4 Å².